The molecule has 0 aliphatic heterocycles. The highest BCUT2D eigenvalue weighted by molar-refractivity contribution is 6.33. The van der Waals surface area contributed by atoms with Gasteiger partial charge in [0.15, 0.2) is 0 Å². The van der Waals surface area contributed by atoms with Crippen molar-refractivity contribution in [3.63, 3.8) is 0 Å². The molecule has 0 aliphatic rings. The second-order valence-corrected chi connectivity index (χ2v) is 5.90. The summed E-state index contributed by atoms with van der Waals surface area (Å²) in [7, 11) is 0. The highest BCUT2D eigenvalue weighted by Crippen LogP contribution is 2.25. The Labute approximate surface area is 129 Å². The first kappa shape index (κ1) is 15.4. The first-order chi connectivity index (χ1) is 9.97. The van der Waals surface area contributed by atoms with E-state index >= 15 is 0 Å². The van der Waals surface area contributed by atoms with E-state index < -0.39 is 10.8 Å². The van der Waals surface area contributed by atoms with Crippen LogP contribution in [0.3, 0.4) is 0 Å². The van der Waals surface area contributed by atoms with Crippen LogP contribution in [0.15, 0.2) is 54.6 Å². The Morgan fingerprint density at radius 1 is 1.14 bits per heavy atom. The molecule has 1 unspecified atom stereocenters. The molecule has 0 bridgehead atoms. The van der Waals surface area contributed by atoms with E-state index in [1.165, 1.54) is 6.92 Å². The third-order valence-electron chi connectivity index (χ3n) is 3.21. The van der Waals surface area contributed by atoms with Crippen LogP contribution >= 0.6 is 11.6 Å². The molecule has 0 spiro atoms. The van der Waals surface area contributed by atoms with Crippen LogP contribution in [0.5, 0.6) is 11.5 Å². The lowest BCUT2D eigenvalue weighted by atomic mass is 10.0. The fourth-order valence-corrected chi connectivity index (χ4v) is 1.97. The van der Waals surface area contributed by atoms with Gasteiger partial charge in [0.1, 0.15) is 16.4 Å². The van der Waals surface area contributed by atoms with Gasteiger partial charge >= 0.3 is 5.97 Å². The van der Waals surface area contributed by atoms with E-state index in [0.717, 1.165) is 17.1 Å². The number of carbonyl (C=O) groups is 1. The SMILES string of the molecule is CC(Cl)(CCc1cccc(Oc2ccccc2)c1)C(=O)O. The van der Waals surface area contributed by atoms with Crippen molar-refractivity contribution in [2.45, 2.75) is 24.6 Å². The topological polar surface area (TPSA) is 46.5 Å². The molecule has 1 atom stereocenters. The van der Waals surface area contributed by atoms with Gasteiger partial charge in [-0.25, -0.2) is 0 Å². The van der Waals surface area contributed by atoms with Crippen LogP contribution in [0.4, 0.5) is 0 Å². The number of alkyl halides is 1. The van der Waals surface area contributed by atoms with Crippen molar-refractivity contribution in [3.8, 4) is 11.5 Å². The number of benzene rings is 2. The molecule has 0 saturated carbocycles. The Hall–Kier alpha value is -2.00. The molecular weight excluding hydrogens is 288 g/mol. The highest BCUT2D eigenvalue weighted by atomic mass is 35.5. The highest BCUT2D eigenvalue weighted by Gasteiger charge is 2.29. The van der Waals surface area contributed by atoms with Gasteiger partial charge in [-0.1, -0.05) is 30.3 Å². The van der Waals surface area contributed by atoms with Crippen molar-refractivity contribution >= 4 is 17.6 Å². The molecule has 21 heavy (non-hydrogen) atoms. The zero-order valence-electron chi connectivity index (χ0n) is 11.8. The normalized spacial score (nSPS) is 13.4. The second-order valence-electron chi connectivity index (χ2n) is 5.07. The number of hydrogen-bond acceptors (Lipinski definition) is 2. The maximum Gasteiger partial charge on any atom is 0.324 e. The maximum absolute atomic E-state index is 11.0. The molecule has 0 amide bonds. The van der Waals surface area contributed by atoms with Gasteiger partial charge in [-0.2, -0.15) is 0 Å². The van der Waals surface area contributed by atoms with Gasteiger partial charge in [0.2, 0.25) is 0 Å². The van der Waals surface area contributed by atoms with E-state index in [2.05, 4.69) is 0 Å². The fraction of sp³-hybridized carbons (Fsp3) is 0.235. The van der Waals surface area contributed by atoms with Crippen LogP contribution in [0.2, 0.25) is 0 Å². The van der Waals surface area contributed by atoms with Crippen LogP contribution in [0.1, 0.15) is 18.9 Å². The molecule has 0 heterocycles. The summed E-state index contributed by atoms with van der Waals surface area (Å²) in [4.78, 5) is 9.75. The molecule has 0 aromatic heterocycles. The van der Waals surface area contributed by atoms with E-state index in [4.69, 9.17) is 21.4 Å². The van der Waals surface area contributed by atoms with E-state index in [1.807, 2.05) is 54.6 Å². The standard InChI is InChI=1S/C17H17ClO3/c1-17(18,16(19)20)11-10-13-6-5-9-15(12-13)21-14-7-3-2-4-8-14/h2-9,12H,10-11H2,1H3,(H,19,20). The summed E-state index contributed by atoms with van der Waals surface area (Å²) in [5.74, 6) is 0.494. The van der Waals surface area contributed by atoms with Gasteiger partial charge in [-0.05, 0) is 49.6 Å². The lowest BCUT2D eigenvalue weighted by Gasteiger charge is -2.16. The van der Waals surface area contributed by atoms with Crippen molar-refractivity contribution in [2.75, 3.05) is 0 Å². The summed E-state index contributed by atoms with van der Waals surface area (Å²) < 4.78 is 5.75. The molecule has 110 valence electrons. The average Bonchev–Trinajstić information content (AvgIpc) is 2.47. The minimum atomic E-state index is -1.24. The zero-order chi connectivity index (χ0) is 15.3. The molecular formula is C17H17ClO3. The third kappa shape index (κ3) is 4.50. The van der Waals surface area contributed by atoms with Crippen LogP contribution in [-0.2, 0) is 11.2 Å². The number of carboxylic acid groups (broad SMARTS) is 1. The quantitative estimate of drug-likeness (QED) is 0.800. The summed E-state index contributed by atoms with van der Waals surface area (Å²) in [5, 5.41) is 9.01. The van der Waals surface area contributed by atoms with Gasteiger partial charge in [0, 0.05) is 0 Å². The van der Waals surface area contributed by atoms with Crippen LogP contribution in [0.25, 0.3) is 0 Å². The summed E-state index contributed by atoms with van der Waals surface area (Å²) in [6.45, 7) is 1.52. The van der Waals surface area contributed by atoms with E-state index in [9.17, 15) is 4.79 Å². The molecule has 0 radical (unpaired) electrons. The number of rotatable bonds is 6. The lowest BCUT2D eigenvalue weighted by molar-refractivity contribution is -0.139. The van der Waals surface area contributed by atoms with Gasteiger partial charge in [-0.15, -0.1) is 11.6 Å². The second kappa shape index (κ2) is 6.64. The largest absolute Gasteiger partial charge is 0.480 e. The number of para-hydroxylation sites is 1. The average molecular weight is 305 g/mol. The van der Waals surface area contributed by atoms with Crippen molar-refractivity contribution in [1.82, 2.24) is 0 Å². The van der Waals surface area contributed by atoms with Gasteiger partial charge < -0.3 is 9.84 Å². The molecule has 2 rings (SSSR count). The molecule has 4 heteroatoms. The Morgan fingerprint density at radius 3 is 2.48 bits per heavy atom. The van der Waals surface area contributed by atoms with Crippen LogP contribution < -0.4 is 4.74 Å². The molecule has 3 nitrogen and oxygen atoms in total. The molecule has 1 N–H and O–H groups in total. The predicted octanol–water partition coefficient (Wildman–Crippen LogP) is 4.49. The van der Waals surface area contributed by atoms with Crippen molar-refractivity contribution in [3.05, 3.63) is 60.2 Å². The number of ether oxygens (including phenoxy) is 1. The maximum atomic E-state index is 11.0. The fourth-order valence-electron chi connectivity index (χ4n) is 1.88. The van der Waals surface area contributed by atoms with E-state index in [-0.39, 0.29) is 0 Å². The Morgan fingerprint density at radius 2 is 1.81 bits per heavy atom. The number of hydrogen-bond donors (Lipinski definition) is 1. The predicted molar refractivity (Wildman–Crippen MR) is 83.2 cm³/mol. The van der Waals surface area contributed by atoms with Crippen LogP contribution in [-0.4, -0.2) is 16.0 Å². The van der Waals surface area contributed by atoms with E-state index in [0.29, 0.717) is 12.8 Å². The first-order valence-corrected chi connectivity index (χ1v) is 7.09. The Balaban J connectivity index is 2.03. The Bertz CT molecular complexity index is 608. The van der Waals surface area contributed by atoms with E-state index in [1.54, 1.807) is 0 Å². The first-order valence-electron chi connectivity index (χ1n) is 6.71. The number of aliphatic carboxylic acids is 1. The summed E-state index contributed by atoms with van der Waals surface area (Å²) in [5.41, 5.74) is 0.997. The number of carboxylic acids is 1. The van der Waals surface area contributed by atoms with Gasteiger partial charge in [0.05, 0.1) is 0 Å². The van der Waals surface area contributed by atoms with Gasteiger partial charge in [-0.3, -0.25) is 4.79 Å². The molecule has 2 aromatic carbocycles. The summed E-state index contributed by atoms with van der Waals surface area (Å²) in [6.07, 6.45) is 0.941. The number of halogens is 1. The molecule has 0 fully saturated rings. The van der Waals surface area contributed by atoms with Crippen molar-refractivity contribution in [2.24, 2.45) is 0 Å². The zero-order valence-corrected chi connectivity index (χ0v) is 12.5. The Kier molecular flexibility index (Phi) is 4.86. The molecule has 0 saturated heterocycles. The third-order valence-corrected chi connectivity index (χ3v) is 3.56. The van der Waals surface area contributed by atoms with Crippen molar-refractivity contribution in [1.29, 1.82) is 0 Å². The lowest BCUT2D eigenvalue weighted by Crippen LogP contribution is -2.28. The molecule has 2 aromatic rings. The minimum Gasteiger partial charge on any atom is -0.480 e. The monoisotopic (exact) mass is 304 g/mol. The van der Waals surface area contributed by atoms with Gasteiger partial charge in [0.25, 0.3) is 0 Å². The van der Waals surface area contributed by atoms with Crippen molar-refractivity contribution < 1.29 is 14.6 Å². The minimum absolute atomic E-state index is 0.360. The smallest absolute Gasteiger partial charge is 0.324 e. The number of aryl methyl sites for hydroxylation is 1. The summed E-state index contributed by atoms with van der Waals surface area (Å²) in [6, 6.07) is 17.1. The van der Waals surface area contributed by atoms with Crippen LogP contribution in [0, 0.1) is 0 Å². The summed E-state index contributed by atoms with van der Waals surface area (Å²) >= 11 is 5.96. The molecule has 0 aliphatic carbocycles.